The fraction of sp³-hybridized carbons (Fsp3) is 0.143. The van der Waals surface area contributed by atoms with Gasteiger partial charge in [0.1, 0.15) is 10.1 Å². The maximum atomic E-state index is 11.5. The van der Waals surface area contributed by atoms with Crippen molar-refractivity contribution in [2.45, 2.75) is 17.0 Å². The molecule has 0 atom stereocenters. The number of esters is 1. The lowest BCUT2D eigenvalue weighted by Gasteiger charge is -2.05. The Morgan fingerprint density at radius 1 is 1.19 bits per heavy atom. The van der Waals surface area contributed by atoms with Crippen LogP contribution in [0.5, 0.6) is 0 Å². The van der Waals surface area contributed by atoms with E-state index in [1.165, 1.54) is 31.1 Å². The van der Waals surface area contributed by atoms with E-state index in [2.05, 4.69) is 14.7 Å². The van der Waals surface area contributed by atoms with E-state index >= 15 is 0 Å². The number of carbonyl (C=O) groups excluding carboxylic acids is 1. The first-order valence-electron chi connectivity index (χ1n) is 5.94. The van der Waals surface area contributed by atoms with Crippen molar-refractivity contribution in [3.63, 3.8) is 0 Å². The lowest BCUT2D eigenvalue weighted by atomic mass is 10.2. The molecule has 0 aliphatic heterocycles. The van der Waals surface area contributed by atoms with Crippen LogP contribution in [0.4, 0.5) is 0 Å². The highest BCUT2D eigenvalue weighted by Gasteiger charge is 2.11. The molecule has 0 aliphatic rings. The van der Waals surface area contributed by atoms with E-state index in [4.69, 9.17) is 5.11 Å². The zero-order valence-electron chi connectivity index (χ0n) is 11.4. The number of aromatic carboxylic acids is 1. The number of rotatable bonds is 4. The number of hydrogen-bond acceptors (Lipinski definition) is 6. The largest absolute Gasteiger partial charge is 0.478 e. The quantitative estimate of drug-likeness (QED) is 0.867. The van der Waals surface area contributed by atoms with Gasteiger partial charge in [-0.05, 0) is 31.2 Å². The van der Waals surface area contributed by atoms with Gasteiger partial charge < -0.3 is 9.84 Å². The molecule has 0 bridgehead atoms. The summed E-state index contributed by atoms with van der Waals surface area (Å²) in [5, 5.41) is 10.1. The predicted molar refractivity (Wildman–Crippen MR) is 75.6 cm³/mol. The molecular formula is C14H12N2O4S. The molecule has 2 aromatic rings. The topological polar surface area (TPSA) is 89.4 Å². The first-order valence-corrected chi connectivity index (χ1v) is 6.76. The molecule has 7 heteroatoms. The van der Waals surface area contributed by atoms with Crippen molar-refractivity contribution >= 4 is 23.7 Å². The van der Waals surface area contributed by atoms with Crippen molar-refractivity contribution in [1.82, 2.24) is 9.97 Å². The normalized spacial score (nSPS) is 10.2. The molecule has 0 spiro atoms. The van der Waals surface area contributed by atoms with Crippen LogP contribution in [-0.2, 0) is 4.74 Å². The molecule has 0 fully saturated rings. The van der Waals surface area contributed by atoms with Gasteiger partial charge in [-0.3, -0.25) is 0 Å². The fourth-order valence-corrected chi connectivity index (χ4v) is 2.37. The Kier molecular flexibility index (Phi) is 4.54. The van der Waals surface area contributed by atoms with Gasteiger partial charge in [-0.25, -0.2) is 19.6 Å². The van der Waals surface area contributed by atoms with Gasteiger partial charge in [-0.2, -0.15) is 0 Å². The number of pyridine rings is 2. The second-order valence-electron chi connectivity index (χ2n) is 4.07. The summed E-state index contributed by atoms with van der Waals surface area (Å²) in [6.07, 6.45) is 1.29. The minimum absolute atomic E-state index is 0.129. The number of carbonyl (C=O) groups is 2. The summed E-state index contributed by atoms with van der Waals surface area (Å²) in [6, 6.07) is 6.42. The Morgan fingerprint density at radius 3 is 2.43 bits per heavy atom. The third-order valence-electron chi connectivity index (χ3n) is 2.66. The smallest absolute Gasteiger partial charge is 0.339 e. The van der Waals surface area contributed by atoms with Gasteiger partial charge in [0.05, 0.1) is 23.9 Å². The van der Waals surface area contributed by atoms with Gasteiger partial charge in [-0.1, -0.05) is 11.8 Å². The molecular weight excluding hydrogens is 292 g/mol. The van der Waals surface area contributed by atoms with E-state index in [-0.39, 0.29) is 5.56 Å². The van der Waals surface area contributed by atoms with Crippen molar-refractivity contribution in [2.24, 2.45) is 0 Å². The van der Waals surface area contributed by atoms with Crippen molar-refractivity contribution in [3.8, 4) is 0 Å². The maximum Gasteiger partial charge on any atom is 0.339 e. The van der Waals surface area contributed by atoms with E-state index in [9.17, 15) is 9.59 Å². The molecule has 21 heavy (non-hydrogen) atoms. The van der Waals surface area contributed by atoms with Crippen LogP contribution in [0, 0.1) is 6.92 Å². The van der Waals surface area contributed by atoms with E-state index in [1.807, 2.05) is 0 Å². The molecule has 0 amide bonds. The summed E-state index contributed by atoms with van der Waals surface area (Å²) in [5.41, 5.74) is 1.11. The molecule has 0 aliphatic carbocycles. The second-order valence-corrected chi connectivity index (χ2v) is 5.11. The minimum Gasteiger partial charge on any atom is -0.478 e. The number of aryl methyl sites for hydroxylation is 1. The summed E-state index contributed by atoms with van der Waals surface area (Å²) in [6.45, 7) is 1.72. The van der Waals surface area contributed by atoms with Crippen molar-refractivity contribution in [1.29, 1.82) is 0 Å². The summed E-state index contributed by atoms with van der Waals surface area (Å²) in [7, 11) is 1.32. The lowest BCUT2D eigenvalue weighted by molar-refractivity contribution is 0.0598. The average molecular weight is 304 g/mol. The molecule has 2 aromatic heterocycles. The predicted octanol–water partition coefficient (Wildman–Crippen LogP) is 2.42. The molecule has 6 nitrogen and oxygen atoms in total. The Hall–Kier alpha value is -2.41. The number of hydrogen-bond donors (Lipinski definition) is 1. The third kappa shape index (κ3) is 3.57. The summed E-state index contributed by atoms with van der Waals surface area (Å²) in [4.78, 5) is 30.6. The van der Waals surface area contributed by atoms with Crippen LogP contribution in [-0.4, -0.2) is 34.1 Å². The van der Waals surface area contributed by atoms with Crippen LogP contribution in [0.1, 0.15) is 26.4 Å². The fourth-order valence-electron chi connectivity index (χ4n) is 1.59. The molecule has 0 unspecified atom stereocenters. The number of methoxy groups -OCH3 is 1. The molecule has 108 valence electrons. The van der Waals surface area contributed by atoms with E-state index in [0.717, 1.165) is 0 Å². The highest BCUT2D eigenvalue weighted by Crippen LogP contribution is 2.25. The van der Waals surface area contributed by atoms with Crippen LogP contribution < -0.4 is 0 Å². The molecule has 0 radical (unpaired) electrons. The van der Waals surface area contributed by atoms with Crippen molar-refractivity contribution in [2.75, 3.05) is 7.11 Å². The number of aromatic nitrogens is 2. The zero-order chi connectivity index (χ0) is 15.4. The van der Waals surface area contributed by atoms with Gasteiger partial charge in [0.15, 0.2) is 0 Å². The standard InChI is InChI=1S/C14H12N2O4S/c1-8-10(14(19)20-2)4-6-12(16-8)21-11-5-3-9(7-15-11)13(17)18/h3-7H,1-2H3,(H,17,18). The number of carboxylic acid groups (broad SMARTS) is 1. The van der Waals surface area contributed by atoms with Crippen LogP contribution in [0.2, 0.25) is 0 Å². The Morgan fingerprint density at radius 2 is 1.90 bits per heavy atom. The summed E-state index contributed by atoms with van der Waals surface area (Å²) >= 11 is 1.28. The van der Waals surface area contributed by atoms with Gasteiger partial charge in [0.25, 0.3) is 0 Å². The van der Waals surface area contributed by atoms with E-state index < -0.39 is 11.9 Å². The lowest BCUT2D eigenvalue weighted by Crippen LogP contribution is -2.05. The first-order chi connectivity index (χ1) is 10.0. The molecule has 0 saturated heterocycles. The Bertz CT molecular complexity index is 686. The zero-order valence-corrected chi connectivity index (χ0v) is 12.2. The van der Waals surface area contributed by atoms with E-state index in [1.54, 1.807) is 25.1 Å². The number of ether oxygens (including phenoxy) is 1. The van der Waals surface area contributed by atoms with Crippen LogP contribution in [0.25, 0.3) is 0 Å². The SMILES string of the molecule is COC(=O)c1ccc(Sc2ccc(C(=O)O)cn2)nc1C. The summed E-state index contributed by atoms with van der Waals surface area (Å²) in [5.74, 6) is -1.45. The molecule has 0 saturated carbocycles. The molecule has 1 N–H and O–H groups in total. The Balaban J connectivity index is 2.18. The molecule has 0 aromatic carbocycles. The van der Waals surface area contributed by atoms with Gasteiger partial charge in [0.2, 0.25) is 0 Å². The number of carboxylic acids is 1. The molecule has 2 rings (SSSR count). The number of nitrogens with zero attached hydrogens (tertiary/aromatic N) is 2. The maximum absolute atomic E-state index is 11.5. The molecule has 2 heterocycles. The van der Waals surface area contributed by atoms with Gasteiger partial charge in [-0.15, -0.1) is 0 Å². The highest BCUT2D eigenvalue weighted by atomic mass is 32.2. The minimum atomic E-state index is -1.02. The van der Waals surface area contributed by atoms with Crippen LogP contribution >= 0.6 is 11.8 Å². The van der Waals surface area contributed by atoms with Crippen molar-refractivity contribution in [3.05, 3.63) is 47.3 Å². The van der Waals surface area contributed by atoms with E-state index in [0.29, 0.717) is 21.3 Å². The van der Waals surface area contributed by atoms with Crippen molar-refractivity contribution < 1.29 is 19.4 Å². The first kappa shape index (κ1) is 15.0. The van der Waals surface area contributed by atoms with Gasteiger partial charge in [0, 0.05) is 6.20 Å². The second kappa shape index (κ2) is 6.36. The van der Waals surface area contributed by atoms with Crippen LogP contribution in [0.3, 0.4) is 0 Å². The summed E-state index contributed by atoms with van der Waals surface area (Å²) < 4.78 is 4.66. The van der Waals surface area contributed by atoms with Gasteiger partial charge >= 0.3 is 11.9 Å². The monoisotopic (exact) mass is 304 g/mol. The highest BCUT2D eigenvalue weighted by molar-refractivity contribution is 7.99. The average Bonchev–Trinajstić information content (AvgIpc) is 2.47. The third-order valence-corrected chi connectivity index (χ3v) is 3.55. The Labute approximate surface area is 125 Å². The van der Waals surface area contributed by atoms with Crippen LogP contribution in [0.15, 0.2) is 40.5 Å².